The number of hydrogen-bond acceptors (Lipinski definition) is 5. The van der Waals surface area contributed by atoms with Crippen molar-refractivity contribution in [1.82, 2.24) is 4.57 Å². The number of rotatable bonds is 8. The highest BCUT2D eigenvalue weighted by Gasteiger charge is 2.19. The Morgan fingerprint density at radius 2 is 1.77 bits per heavy atom. The lowest BCUT2D eigenvalue weighted by atomic mass is 10.1. The molecule has 1 aromatic carbocycles. The monoisotopic (exact) mass is 359 g/mol. The van der Waals surface area contributed by atoms with Gasteiger partial charge < -0.3 is 18.8 Å². The average Bonchev–Trinajstić information content (AvgIpc) is 2.91. The highest BCUT2D eigenvalue weighted by atomic mass is 16.5. The molecule has 0 N–H and O–H groups in total. The molecule has 1 heterocycles. The van der Waals surface area contributed by atoms with Gasteiger partial charge in [-0.1, -0.05) is 11.6 Å². The molecule has 0 spiro atoms. The lowest BCUT2D eigenvalue weighted by Gasteiger charge is -2.10. The topological polar surface area (TPSA) is 66.8 Å². The first kappa shape index (κ1) is 19.7. The van der Waals surface area contributed by atoms with Gasteiger partial charge in [0.05, 0.1) is 13.7 Å². The maximum absolute atomic E-state index is 12.5. The summed E-state index contributed by atoms with van der Waals surface area (Å²) in [5, 5.41) is 0. The van der Waals surface area contributed by atoms with Crippen molar-refractivity contribution in [3.63, 3.8) is 0 Å². The van der Waals surface area contributed by atoms with Gasteiger partial charge in [-0.3, -0.25) is 4.79 Å². The Kier molecular flexibility index (Phi) is 6.58. The van der Waals surface area contributed by atoms with E-state index in [9.17, 15) is 9.59 Å². The van der Waals surface area contributed by atoms with Crippen molar-refractivity contribution in [1.29, 1.82) is 0 Å². The van der Waals surface area contributed by atoms with E-state index in [1.807, 2.05) is 37.5 Å². The molecule has 0 aliphatic carbocycles. The van der Waals surface area contributed by atoms with Crippen LogP contribution in [0.5, 0.6) is 5.75 Å². The predicted octanol–water partition coefficient (Wildman–Crippen LogP) is 3.11. The smallest absolute Gasteiger partial charge is 0.342 e. The maximum Gasteiger partial charge on any atom is 0.342 e. The van der Waals surface area contributed by atoms with Crippen LogP contribution in [-0.4, -0.2) is 43.8 Å². The minimum Gasteiger partial charge on any atom is -0.496 e. The molecule has 140 valence electrons. The summed E-state index contributed by atoms with van der Waals surface area (Å²) >= 11 is 0. The highest BCUT2D eigenvalue weighted by molar-refractivity contribution is 6.01. The number of ether oxygens (including phenoxy) is 3. The normalized spacial score (nSPS) is 10.7. The molecule has 26 heavy (non-hydrogen) atoms. The number of Topliss-reactive ketones (excluding diaryl/α,β-unsaturated/α-hetero) is 1. The van der Waals surface area contributed by atoms with Gasteiger partial charge in [0.25, 0.3) is 0 Å². The average molecular weight is 359 g/mol. The van der Waals surface area contributed by atoms with Crippen molar-refractivity contribution >= 4 is 11.8 Å². The molecule has 6 nitrogen and oxygen atoms in total. The second kappa shape index (κ2) is 8.67. The Hall–Kier alpha value is -2.60. The van der Waals surface area contributed by atoms with Crippen molar-refractivity contribution in [2.24, 2.45) is 0 Å². The van der Waals surface area contributed by atoms with E-state index in [2.05, 4.69) is 0 Å². The molecule has 2 aromatic rings. The fraction of sp³-hybridized carbons (Fsp3) is 0.400. The van der Waals surface area contributed by atoms with Gasteiger partial charge >= 0.3 is 5.97 Å². The molecular weight excluding hydrogens is 334 g/mol. The number of carbonyl (C=O) groups is 2. The maximum atomic E-state index is 12.5. The molecule has 1 aromatic heterocycles. The van der Waals surface area contributed by atoms with Gasteiger partial charge in [0.2, 0.25) is 5.78 Å². The van der Waals surface area contributed by atoms with Crippen LogP contribution in [0.4, 0.5) is 0 Å². The van der Waals surface area contributed by atoms with Gasteiger partial charge in [0.1, 0.15) is 11.3 Å². The van der Waals surface area contributed by atoms with Crippen LogP contribution in [0.2, 0.25) is 0 Å². The van der Waals surface area contributed by atoms with Crippen molar-refractivity contribution in [2.45, 2.75) is 27.3 Å². The van der Waals surface area contributed by atoms with Gasteiger partial charge in [-0.2, -0.15) is 0 Å². The third-order valence-electron chi connectivity index (χ3n) is 4.30. The predicted molar refractivity (Wildman–Crippen MR) is 98.1 cm³/mol. The number of methoxy groups -OCH3 is 2. The number of carbonyl (C=O) groups excluding carboxylic acids is 2. The van der Waals surface area contributed by atoms with E-state index >= 15 is 0 Å². The number of nitrogens with zero attached hydrogens (tertiary/aromatic N) is 1. The first-order chi connectivity index (χ1) is 12.4. The minimum absolute atomic E-state index is 0.235. The Morgan fingerprint density at radius 3 is 2.42 bits per heavy atom. The van der Waals surface area contributed by atoms with Crippen LogP contribution in [0.1, 0.15) is 37.7 Å². The van der Waals surface area contributed by atoms with Crippen LogP contribution in [0.15, 0.2) is 24.3 Å². The molecule has 0 amide bonds. The molecule has 0 fully saturated rings. The van der Waals surface area contributed by atoms with Crippen molar-refractivity contribution in [3.8, 4) is 5.75 Å². The molecule has 6 heteroatoms. The van der Waals surface area contributed by atoms with Crippen LogP contribution >= 0.6 is 0 Å². The minimum atomic E-state index is -0.577. The zero-order valence-electron chi connectivity index (χ0n) is 15.9. The van der Waals surface area contributed by atoms with Crippen LogP contribution in [0, 0.1) is 20.8 Å². The van der Waals surface area contributed by atoms with E-state index in [0.717, 1.165) is 17.0 Å². The molecule has 0 saturated carbocycles. The third kappa shape index (κ3) is 4.32. The molecule has 2 rings (SSSR count). The molecule has 0 aliphatic heterocycles. The Balaban J connectivity index is 2.09. The van der Waals surface area contributed by atoms with E-state index in [1.54, 1.807) is 19.2 Å². The van der Waals surface area contributed by atoms with E-state index in [4.69, 9.17) is 14.2 Å². The standard InChI is InChI=1S/C20H25NO5/c1-13-6-7-19(25-5)17(10-13)20(23)26-12-18(22)16-11-14(2)21(15(16)3)8-9-24-4/h6-7,10-11H,8-9,12H2,1-5H3. The first-order valence-corrected chi connectivity index (χ1v) is 8.39. The van der Waals surface area contributed by atoms with Crippen LogP contribution in [0.3, 0.4) is 0 Å². The number of aromatic nitrogens is 1. The summed E-state index contributed by atoms with van der Waals surface area (Å²) in [6, 6.07) is 7.05. The van der Waals surface area contributed by atoms with Crippen LogP contribution in [0.25, 0.3) is 0 Å². The summed E-state index contributed by atoms with van der Waals surface area (Å²) in [6.45, 7) is 6.60. The molecule has 0 unspecified atom stereocenters. The zero-order chi connectivity index (χ0) is 19.3. The van der Waals surface area contributed by atoms with Crippen molar-refractivity contribution < 1.29 is 23.8 Å². The van der Waals surface area contributed by atoms with Gasteiger partial charge in [-0.25, -0.2) is 4.79 Å². The fourth-order valence-corrected chi connectivity index (χ4v) is 2.88. The SMILES string of the molecule is COCCn1c(C)cc(C(=O)COC(=O)c2cc(C)ccc2OC)c1C. The summed E-state index contributed by atoms with van der Waals surface area (Å²) in [4.78, 5) is 24.8. The molecule has 0 saturated heterocycles. The first-order valence-electron chi connectivity index (χ1n) is 8.39. The number of benzene rings is 1. The summed E-state index contributed by atoms with van der Waals surface area (Å²) in [7, 11) is 3.13. The van der Waals surface area contributed by atoms with Gasteiger partial charge in [-0.15, -0.1) is 0 Å². The molecule has 0 bridgehead atoms. The Labute approximate surface area is 153 Å². The second-order valence-corrected chi connectivity index (χ2v) is 6.13. The number of aryl methyl sites for hydroxylation is 2. The number of esters is 1. The van der Waals surface area contributed by atoms with Crippen molar-refractivity contribution in [3.05, 3.63) is 52.3 Å². The largest absolute Gasteiger partial charge is 0.496 e. The highest BCUT2D eigenvalue weighted by Crippen LogP contribution is 2.21. The van der Waals surface area contributed by atoms with E-state index in [0.29, 0.717) is 30.0 Å². The van der Waals surface area contributed by atoms with E-state index in [-0.39, 0.29) is 12.4 Å². The van der Waals surface area contributed by atoms with E-state index in [1.165, 1.54) is 7.11 Å². The van der Waals surface area contributed by atoms with Gasteiger partial charge in [0, 0.05) is 30.6 Å². The molecule has 0 atom stereocenters. The van der Waals surface area contributed by atoms with Crippen LogP contribution < -0.4 is 4.74 Å². The quantitative estimate of drug-likeness (QED) is 0.535. The third-order valence-corrected chi connectivity index (χ3v) is 4.30. The second-order valence-electron chi connectivity index (χ2n) is 6.13. The van der Waals surface area contributed by atoms with Crippen LogP contribution in [-0.2, 0) is 16.0 Å². The summed E-state index contributed by atoms with van der Waals surface area (Å²) in [5.74, 6) is -0.389. The fourth-order valence-electron chi connectivity index (χ4n) is 2.88. The van der Waals surface area contributed by atoms with E-state index < -0.39 is 5.97 Å². The van der Waals surface area contributed by atoms with Crippen molar-refractivity contribution in [2.75, 3.05) is 27.4 Å². The Morgan fingerprint density at radius 1 is 1.04 bits per heavy atom. The summed E-state index contributed by atoms with van der Waals surface area (Å²) in [6.07, 6.45) is 0. The molecule has 0 aliphatic rings. The zero-order valence-corrected chi connectivity index (χ0v) is 15.9. The molecule has 0 radical (unpaired) electrons. The van der Waals surface area contributed by atoms with Gasteiger partial charge in [0.15, 0.2) is 6.61 Å². The summed E-state index contributed by atoms with van der Waals surface area (Å²) < 4.78 is 17.5. The number of ketones is 1. The number of hydrogen-bond donors (Lipinski definition) is 0. The van der Waals surface area contributed by atoms with Gasteiger partial charge in [-0.05, 0) is 39.0 Å². The molecular formula is C20H25NO5. The summed E-state index contributed by atoms with van der Waals surface area (Å²) in [5.41, 5.74) is 3.59. The Bertz CT molecular complexity index is 807. The lowest BCUT2D eigenvalue weighted by molar-refractivity contribution is 0.0471. The lowest BCUT2D eigenvalue weighted by Crippen LogP contribution is -2.16.